The van der Waals surface area contributed by atoms with E-state index in [-0.39, 0.29) is 22.9 Å². The van der Waals surface area contributed by atoms with E-state index in [1.165, 1.54) is 4.90 Å². The molecular weight excluding hydrogens is 442 g/mol. The molecule has 3 rings (SSSR count). The summed E-state index contributed by atoms with van der Waals surface area (Å²) in [4.78, 5) is 27.9. The second-order valence-electron chi connectivity index (χ2n) is 10.1. The van der Waals surface area contributed by atoms with Gasteiger partial charge in [-0.05, 0) is 56.9 Å². The topological polar surface area (TPSA) is 76.1 Å². The standard InChI is InChI=1S/C29H37NO5/c1-8-16-30-25(20-12-10-11-13-22(20)35-18(3)4)24(27(32)28(30)33)26(31)19-14-15-23(34-9-2)21(17-19)29(5,6)7/h10-15,17-18,25,31H,8-9,16H2,1-7H3/b26-24+. The van der Waals surface area contributed by atoms with E-state index in [0.29, 0.717) is 36.4 Å². The molecule has 35 heavy (non-hydrogen) atoms. The second kappa shape index (κ2) is 10.5. The number of hydrogen-bond acceptors (Lipinski definition) is 5. The SMILES string of the molecule is CCCN1C(=O)C(=O)/C(=C(/O)c2ccc(OCC)c(C(C)(C)C)c2)C1c1ccccc1OC(C)C. The summed E-state index contributed by atoms with van der Waals surface area (Å²) < 4.78 is 11.8. The molecule has 1 fully saturated rings. The number of carbonyl (C=O) groups excluding carboxylic acids is 2. The maximum atomic E-state index is 13.3. The van der Waals surface area contributed by atoms with Gasteiger partial charge in [0.25, 0.3) is 11.7 Å². The van der Waals surface area contributed by atoms with Crippen LogP contribution in [0, 0.1) is 0 Å². The van der Waals surface area contributed by atoms with Crippen molar-refractivity contribution in [3.05, 3.63) is 64.7 Å². The Labute approximate surface area is 208 Å². The summed E-state index contributed by atoms with van der Waals surface area (Å²) in [6.45, 7) is 14.8. The van der Waals surface area contributed by atoms with Gasteiger partial charge in [-0.2, -0.15) is 0 Å². The Morgan fingerprint density at radius 3 is 2.34 bits per heavy atom. The van der Waals surface area contributed by atoms with Crippen molar-refractivity contribution in [1.29, 1.82) is 0 Å². The van der Waals surface area contributed by atoms with Gasteiger partial charge >= 0.3 is 0 Å². The van der Waals surface area contributed by atoms with Crippen LogP contribution in [0.25, 0.3) is 5.76 Å². The van der Waals surface area contributed by atoms with Gasteiger partial charge in [-0.3, -0.25) is 9.59 Å². The normalized spacial score (nSPS) is 17.8. The minimum absolute atomic E-state index is 0.0762. The number of ketones is 1. The first kappa shape index (κ1) is 26.3. The Morgan fingerprint density at radius 1 is 1.06 bits per heavy atom. The van der Waals surface area contributed by atoms with Crippen LogP contribution in [0.3, 0.4) is 0 Å². The summed E-state index contributed by atoms with van der Waals surface area (Å²) in [5.74, 6) is -0.176. The molecule has 1 amide bonds. The molecule has 1 atom stereocenters. The number of carbonyl (C=O) groups is 2. The van der Waals surface area contributed by atoms with Crippen LogP contribution in [-0.4, -0.2) is 41.0 Å². The van der Waals surface area contributed by atoms with Gasteiger partial charge in [0.15, 0.2) is 0 Å². The molecule has 1 heterocycles. The Balaban J connectivity index is 2.25. The molecule has 6 heteroatoms. The minimum atomic E-state index is -0.741. The van der Waals surface area contributed by atoms with Crippen molar-refractivity contribution in [3.8, 4) is 11.5 Å². The maximum Gasteiger partial charge on any atom is 0.295 e. The highest BCUT2D eigenvalue weighted by Crippen LogP contribution is 2.43. The minimum Gasteiger partial charge on any atom is -0.507 e. The lowest BCUT2D eigenvalue weighted by Crippen LogP contribution is -2.30. The highest BCUT2D eigenvalue weighted by molar-refractivity contribution is 6.46. The number of rotatable bonds is 8. The maximum absolute atomic E-state index is 13.3. The average molecular weight is 480 g/mol. The molecule has 0 saturated carbocycles. The van der Waals surface area contributed by atoms with Crippen LogP contribution in [0.2, 0.25) is 0 Å². The first-order valence-corrected chi connectivity index (χ1v) is 12.3. The van der Waals surface area contributed by atoms with Gasteiger partial charge in [0.05, 0.1) is 24.3 Å². The molecule has 1 aliphatic rings. The molecule has 2 aromatic rings. The predicted octanol–water partition coefficient (Wildman–Crippen LogP) is 6.00. The Hall–Kier alpha value is -3.28. The summed E-state index contributed by atoms with van der Waals surface area (Å²) in [7, 11) is 0. The predicted molar refractivity (Wildman–Crippen MR) is 138 cm³/mol. The van der Waals surface area contributed by atoms with E-state index < -0.39 is 17.7 Å². The first-order chi connectivity index (χ1) is 16.5. The fraction of sp³-hybridized carbons (Fsp3) is 0.448. The third-order valence-corrected chi connectivity index (χ3v) is 5.94. The van der Waals surface area contributed by atoms with Crippen molar-refractivity contribution in [2.75, 3.05) is 13.2 Å². The summed E-state index contributed by atoms with van der Waals surface area (Å²) >= 11 is 0. The fourth-order valence-corrected chi connectivity index (χ4v) is 4.44. The van der Waals surface area contributed by atoms with Crippen LogP contribution in [0.5, 0.6) is 11.5 Å². The molecule has 1 N–H and O–H groups in total. The van der Waals surface area contributed by atoms with E-state index in [9.17, 15) is 14.7 Å². The Bertz CT molecular complexity index is 1130. The number of likely N-dealkylation sites (tertiary alicyclic amines) is 1. The largest absolute Gasteiger partial charge is 0.507 e. The molecule has 0 radical (unpaired) electrons. The molecule has 0 bridgehead atoms. The van der Waals surface area contributed by atoms with Gasteiger partial charge in [-0.1, -0.05) is 45.9 Å². The molecular formula is C29H37NO5. The van der Waals surface area contributed by atoms with Crippen LogP contribution < -0.4 is 9.47 Å². The summed E-state index contributed by atoms with van der Waals surface area (Å²) in [5.41, 5.74) is 1.88. The van der Waals surface area contributed by atoms with Gasteiger partial charge in [0.1, 0.15) is 17.3 Å². The first-order valence-electron chi connectivity index (χ1n) is 12.3. The molecule has 188 valence electrons. The van der Waals surface area contributed by atoms with Crippen LogP contribution in [-0.2, 0) is 15.0 Å². The number of hydrogen-bond donors (Lipinski definition) is 1. The number of para-hydroxylation sites is 1. The van der Waals surface area contributed by atoms with E-state index in [0.717, 1.165) is 11.3 Å². The van der Waals surface area contributed by atoms with Crippen LogP contribution in [0.15, 0.2) is 48.0 Å². The van der Waals surface area contributed by atoms with Crippen molar-refractivity contribution < 1.29 is 24.2 Å². The van der Waals surface area contributed by atoms with Crippen molar-refractivity contribution in [2.45, 2.75) is 72.4 Å². The van der Waals surface area contributed by atoms with Gasteiger partial charge in [-0.25, -0.2) is 0 Å². The van der Waals surface area contributed by atoms with E-state index in [1.807, 2.05) is 64.1 Å². The lowest BCUT2D eigenvalue weighted by Gasteiger charge is -2.27. The number of nitrogens with zero attached hydrogens (tertiary/aromatic N) is 1. The average Bonchev–Trinajstić information content (AvgIpc) is 3.03. The highest BCUT2D eigenvalue weighted by Gasteiger charge is 2.46. The Kier molecular flexibility index (Phi) is 7.93. The zero-order valence-corrected chi connectivity index (χ0v) is 21.8. The van der Waals surface area contributed by atoms with Gasteiger partial charge in [0.2, 0.25) is 0 Å². The lowest BCUT2D eigenvalue weighted by molar-refractivity contribution is -0.139. The fourth-order valence-electron chi connectivity index (χ4n) is 4.44. The van der Waals surface area contributed by atoms with Crippen molar-refractivity contribution >= 4 is 17.4 Å². The zero-order valence-electron chi connectivity index (χ0n) is 21.8. The Morgan fingerprint density at radius 2 is 1.74 bits per heavy atom. The van der Waals surface area contributed by atoms with E-state index in [2.05, 4.69) is 20.8 Å². The van der Waals surface area contributed by atoms with E-state index in [4.69, 9.17) is 9.47 Å². The molecule has 0 aromatic heterocycles. The monoisotopic (exact) mass is 479 g/mol. The highest BCUT2D eigenvalue weighted by atomic mass is 16.5. The zero-order chi connectivity index (χ0) is 25.9. The smallest absolute Gasteiger partial charge is 0.295 e. The van der Waals surface area contributed by atoms with Crippen molar-refractivity contribution in [2.24, 2.45) is 0 Å². The van der Waals surface area contributed by atoms with Crippen molar-refractivity contribution in [1.82, 2.24) is 4.90 Å². The van der Waals surface area contributed by atoms with E-state index >= 15 is 0 Å². The molecule has 6 nitrogen and oxygen atoms in total. The summed E-state index contributed by atoms with van der Waals surface area (Å²) in [6, 6.07) is 12.0. The molecule has 1 unspecified atom stereocenters. The lowest BCUT2D eigenvalue weighted by atomic mass is 9.84. The quantitative estimate of drug-likeness (QED) is 0.285. The number of amides is 1. The van der Waals surface area contributed by atoms with Crippen LogP contribution in [0.4, 0.5) is 0 Å². The van der Waals surface area contributed by atoms with Crippen molar-refractivity contribution in [3.63, 3.8) is 0 Å². The third-order valence-electron chi connectivity index (χ3n) is 5.94. The third kappa shape index (κ3) is 5.37. The van der Waals surface area contributed by atoms with Crippen LogP contribution in [0.1, 0.15) is 77.6 Å². The van der Waals surface area contributed by atoms with Crippen LogP contribution >= 0.6 is 0 Å². The number of benzene rings is 2. The van der Waals surface area contributed by atoms with E-state index in [1.54, 1.807) is 6.07 Å². The number of aliphatic hydroxyl groups excluding tert-OH is 1. The number of Topliss-reactive ketones (excluding diaryl/α,β-unsaturated/α-hetero) is 1. The summed E-state index contributed by atoms with van der Waals surface area (Å²) in [5, 5.41) is 11.5. The van der Waals surface area contributed by atoms with Gasteiger partial charge < -0.3 is 19.5 Å². The molecule has 2 aromatic carbocycles. The number of ether oxygens (including phenoxy) is 2. The molecule has 1 aliphatic heterocycles. The number of aliphatic hydroxyl groups is 1. The second-order valence-corrected chi connectivity index (χ2v) is 10.1. The summed E-state index contributed by atoms with van der Waals surface area (Å²) in [6.07, 6.45) is 0.582. The van der Waals surface area contributed by atoms with Gasteiger partial charge in [0, 0.05) is 23.2 Å². The van der Waals surface area contributed by atoms with Gasteiger partial charge in [-0.15, -0.1) is 0 Å². The molecule has 0 aliphatic carbocycles. The molecule has 0 spiro atoms. The molecule has 1 saturated heterocycles.